The van der Waals surface area contributed by atoms with Crippen molar-refractivity contribution in [3.63, 3.8) is 0 Å². The number of nitrogens with two attached hydrogens (primary N) is 1. The zero-order valence-corrected chi connectivity index (χ0v) is 11.8. The number of hydrogen-bond acceptors (Lipinski definition) is 3. The number of amides is 1. The molecule has 18 heavy (non-hydrogen) atoms. The number of carbonyl (C=O) groups is 1. The van der Waals surface area contributed by atoms with Gasteiger partial charge in [0.05, 0.1) is 4.99 Å². The van der Waals surface area contributed by atoms with Crippen molar-refractivity contribution in [2.24, 2.45) is 17.6 Å². The standard InChI is InChI=1S/C13H23N2O2S/c1-10(8-12(14)16)9-13(18)15-5-2-11-3-6-17-7-4-11/h9-11H,2-8H2,1H3,(H2,14,16)(H,15,18)/t10-/m1/s1. The molecule has 0 aliphatic carbocycles. The first-order valence-corrected chi connectivity index (χ1v) is 6.97. The molecule has 0 aromatic heterocycles. The van der Waals surface area contributed by atoms with Crippen LogP contribution in [0.5, 0.6) is 0 Å². The van der Waals surface area contributed by atoms with Crippen LogP contribution >= 0.6 is 12.2 Å². The van der Waals surface area contributed by atoms with Crippen molar-refractivity contribution in [1.82, 2.24) is 5.32 Å². The van der Waals surface area contributed by atoms with Gasteiger partial charge in [-0.2, -0.15) is 0 Å². The van der Waals surface area contributed by atoms with E-state index in [0.717, 1.165) is 49.9 Å². The molecule has 1 fully saturated rings. The van der Waals surface area contributed by atoms with E-state index in [1.807, 2.05) is 13.3 Å². The lowest BCUT2D eigenvalue weighted by Gasteiger charge is -2.22. The van der Waals surface area contributed by atoms with Crippen LogP contribution in [0, 0.1) is 18.3 Å². The van der Waals surface area contributed by atoms with Crippen LogP contribution in [0.3, 0.4) is 0 Å². The van der Waals surface area contributed by atoms with E-state index >= 15 is 0 Å². The van der Waals surface area contributed by atoms with Gasteiger partial charge in [-0.05, 0) is 31.1 Å². The minimum atomic E-state index is -0.288. The van der Waals surface area contributed by atoms with E-state index < -0.39 is 0 Å². The first kappa shape index (κ1) is 15.4. The van der Waals surface area contributed by atoms with Crippen LogP contribution in [0.15, 0.2) is 0 Å². The monoisotopic (exact) mass is 271 g/mol. The summed E-state index contributed by atoms with van der Waals surface area (Å²) in [6.45, 7) is 4.61. The van der Waals surface area contributed by atoms with Gasteiger partial charge in [0, 0.05) is 32.6 Å². The van der Waals surface area contributed by atoms with Crippen LogP contribution in [0.4, 0.5) is 0 Å². The number of primary amides is 1. The van der Waals surface area contributed by atoms with Crippen molar-refractivity contribution < 1.29 is 9.53 Å². The highest BCUT2D eigenvalue weighted by Crippen LogP contribution is 2.17. The van der Waals surface area contributed by atoms with E-state index in [1.165, 1.54) is 0 Å². The van der Waals surface area contributed by atoms with E-state index in [4.69, 9.17) is 22.7 Å². The maximum atomic E-state index is 10.7. The van der Waals surface area contributed by atoms with Crippen LogP contribution in [-0.4, -0.2) is 30.7 Å². The van der Waals surface area contributed by atoms with Crippen molar-refractivity contribution in [3.05, 3.63) is 6.42 Å². The summed E-state index contributed by atoms with van der Waals surface area (Å²) in [5.41, 5.74) is 5.13. The van der Waals surface area contributed by atoms with Gasteiger partial charge < -0.3 is 15.8 Å². The molecule has 0 saturated carbocycles. The van der Waals surface area contributed by atoms with Crippen molar-refractivity contribution in [2.75, 3.05) is 19.8 Å². The molecule has 1 atom stereocenters. The normalized spacial score (nSPS) is 18.3. The molecule has 1 heterocycles. The molecule has 0 bridgehead atoms. The topological polar surface area (TPSA) is 64.3 Å². The lowest BCUT2D eigenvalue weighted by molar-refractivity contribution is -0.118. The first-order chi connectivity index (χ1) is 8.58. The van der Waals surface area contributed by atoms with E-state index in [-0.39, 0.29) is 11.8 Å². The third-order valence-electron chi connectivity index (χ3n) is 3.15. The van der Waals surface area contributed by atoms with Crippen LogP contribution in [0.1, 0.15) is 32.6 Å². The van der Waals surface area contributed by atoms with E-state index in [0.29, 0.717) is 6.42 Å². The number of carbonyl (C=O) groups excluding carboxylic acids is 1. The average molecular weight is 271 g/mol. The van der Waals surface area contributed by atoms with E-state index in [1.54, 1.807) is 0 Å². The molecule has 0 aromatic carbocycles. The van der Waals surface area contributed by atoms with Crippen LogP contribution in [0.2, 0.25) is 0 Å². The summed E-state index contributed by atoms with van der Waals surface area (Å²) in [4.78, 5) is 11.5. The molecule has 0 spiro atoms. The summed E-state index contributed by atoms with van der Waals surface area (Å²) in [5.74, 6) is 0.562. The Bertz CT molecular complexity index is 278. The zero-order valence-electron chi connectivity index (χ0n) is 11.0. The number of ether oxygens (including phenoxy) is 1. The molecule has 1 radical (unpaired) electrons. The molecule has 1 rings (SSSR count). The molecule has 1 aliphatic rings. The predicted octanol–water partition coefficient (Wildman–Crippen LogP) is 1.44. The Morgan fingerprint density at radius 1 is 1.56 bits per heavy atom. The van der Waals surface area contributed by atoms with Gasteiger partial charge >= 0.3 is 0 Å². The molecule has 103 valence electrons. The van der Waals surface area contributed by atoms with Crippen LogP contribution in [0.25, 0.3) is 0 Å². The second kappa shape index (κ2) is 8.43. The fourth-order valence-electron chi connectivity index (χ4n) is 2.13. The minimum absolute atomic E-state index is 0.102. The Hall–Kier alpha value is -0.680. The Labute approximate surface area is 115 Å². The van der Waals surface area contributed by atoms with Crippen LogP contribution < -0.4 is 11.1 Å². The van der Waals surface area contributed by atoms with Gasteiger partial charge in [0.25, 0.3) is 0 Å². The summed E-state index contributed by atoms with van der Waals surface area (Å²) in [7, 11) is 0. The predicted molar refractivity (Wildman–Crippen MR) is 76.0 cm³/mol. The Kier molecular flexibility index (Phi) is 7.20. The SMILES string of the molecule is C[C@@H]([CH]C(=S)NCCC1CCOCC1)CC(N)=O. The summed E-state index contributed by atoms with van der Waals surface area (Å²) in [6.07, 6.45) is 5.67. The van der Waals surface area contributed by atoms with Gasteiger partial charge in [0.1, 0.15) is 0 Å². The lowest BCUT2D eigenvalue weighted by atomic mass is 9.96. The Balaban J connectivity index is 2.07. The van der Waals surface area contributed by atoms with Gasteiger partial charge in [-0.15, -0.1) is 0 Å². The molecule has 0 unspecified atom stereocenters. The first-order valence-electron chi connectivity index (χ1n) is 6.56. The molecule has 1 aliphatic heterocycles. The average Bonchev–Trinajstić information content (AvgIpc) is 2.29. The molecular formula is C13H23N2O2S. The van der Waals surface area contributed by atoms with Gasteiger partial charge in [-0.1, -0.05) is 19.1 Å². The van der Waals surface area contributed by atoms with E-state index in [9.17, 15) is 4.79 Å². The van der Waals surface area contributed by atoms with Crippen molar-refractivity contribution >= 4 is 23.1 Å². The maximum absolute atomic E-state index is 10.7. The third-order valence-corrected chi connectivity index (χ3v) is 3.43. The van der Waals surface area contributed by atoms with Crippen LogP contribution in [-0.2, 0) is 9.53 Å². The third kappa shape index (κ3) is 6.91. The fraction of sp³-hybridized carbons (Fsp3) is 0.769. The van der Waals surface area contributed by atoms with Crippen molar-refractivity contribution in [2.45, 2.75) is 32.6 Å². The van der Waals surface area contributed by atoms with Gasteiger partial charge in [0.2, 0.25) is 5.91 Å². The van der Waals surface area contributed by atoms with Gasteiger partial charge in [0.15, 0.2) is 0 Å². The zero-order chi connectivity index (χ0) is 13.4. The molecule has 5 heteroatoms. The number of nitrogens with one attached hydrogen (secondary N) is 1. The van der Waals surface area contributed by atoms with Gasteiger partial charge in [-0.25, -0.2) is 0 Å². The quantitative estimate of drug-likeness (QED) is 0.688. The summed E-state index contributed by atoms with van der Waals surface area (Å²) in [5, 5.41) is 3.22. The fourth-order valence-corrected chi connectivity index (χ4v) is 2.46. The highest BCUT2D eigenvalue weighted by Gasteiger charge is 2.14. The Morgan fingerprint density at radius 3 is 2.83 bits per heavy atom. The second-order valence-corrected chi connectivity index (χ2v) is 5.39. The molecule has 4 nitrogen and oxygen atoms in total. The number of hydrogen-bond donors (Lipinski definition) is 2. The molecule has 3 N–H and O–H groups in total. The van der Waals surface area contributed by atoms with Crippen molar-refractivity contribution in [1.29, 1.82) is 0 Å². The smallest absolute Gasteiger partial charge is 0.217 e. The van der Waals surface area contributed by atoms with E-state index in [2.05, 4.69) is 5.32 Å². The Morgan fingerprint density at radius 2 is 2.22 bits per heavy atom. The summed E-state index contributed by atoms with van der Waals surface area (Å²) in [6, 6.07) is 0. The highest BCUT2D eigenvalue weighted by atomic mass is 32.1. The maximum Gasteiger partial charge on any atom is 0.217 e. The molecule has 0 aromatic rings. The number of rotatable bonds is 7. The largest absolute Gasteiger partial charge is 0.381 e. The minimum Gasteiger partial charge on any atom is -0.381 e. The van der Waals surface area contributed by atoms with Crippen molar-refractivity contribution in [3.8, 4) is 0 Å². The second-order valence-electron chi connectivity index (χ2n) is 4.95. The number of thiocarbonyl (C=S) groups is 1. The molecular weight excluding hydrogens is 248 g/mol. The summed E-state index contributed by atoms with van der Waals surface area (Å²) >= 11 is 5.21. The summed E-state index contributed by atoms with van der Waals surface area (Å²) < 4.78 is 5.32. The lowest BCUT2D eigenvalue weighted by Crippen LogP contribution is -2.28. The molecule has 1 amide bonds. The highest BCUT2D eigenvalue weighted by molar-refractivity contribution is 7.80. The molecule has 1 saturated heterocycles. The van der Waals surface area contributed by atoms with Gasteiger partial charge in [-0.3, -0.25) is 4.79 Å².